The highest BCUT2D eigenvalue weighted by Gasteiger charge is 2.10. The van der Waals surface area contributed by atoms with Crippen LogP contribution in [0.4, 0.5) is 5.82 Å². The number of nitrogens with zero attached hydrogens (tertiary/aromatic N) is 4. The minimum Gasteiger partial charge on any atom is -0.356 e. The number of likely N-dealkylation sites (N-methyl/N-ethyl adjacent to an activating group) is 1. The number of rotatable bonds is 3. The summed E-state index contributed by atoms with van der Waals surface area (Å²) in [6.45, 7) is 4.73. The van der Waals surface area contributed by atoms with E-state index in [1.54, 1.807) is 6.20 Å². The summed E-state index contributed by atoms with van der Waals surface area (Å²) in [6.07, 6.45) is 3.61. The van der Waals surface area contributed by atoms with Crippen molar-refractivity contribution in [3.05, 3.63) is 24.2 Å². The molecule has 1 atom stereocenters. The van der Waals surface area contributed by atoms with Crippen molar-refractivity contribution in [2.45, 2.75) is 19.9 Å². The van der Waals surface area contributed by atoms with Crippen LogP contribution in [0.25, 0.3) is 5.52 Å². The van der Waals surface area contributed by atoms with Crippen molar-refractivity contribution in [2.75, 3.05) is 18.5 Å². The summed E-state index contributed by atoms with van der Waals surface area (Å²) in [5.74, 6) is 0.917. The summed E-state index contributed by atoms with van der Waals surface area (Å²) in [7, 11) is 1.99. The van der Waals surface area contributed by atoms with Crippen molar-refractivity contribution in [3.63, 3.8) is 0 Å². The fourth-order valence-electron chi connectivity index (χ4n) is 1.84. The largest absolute Gasteiger partial charge is 0.356 e. The molecule has 2 rings (SSSR count). The molecule has 2 N–H and O–H groups in total. The Morgan fingerprint density at radius 1 is 1.56 bits per heavy atom. The van der Waals surface area contributed by atoms with E-state index in [0.29, 0.717) is 0 Å². The van der Waals surface area contributed by atoms with Gasteiger partial charge in [-0.3, -0.25) is 0 Å². The van der Waals surface area contributed by atoms with Crippen LogP contribution in [-0.4, -0.2) is 34.2 Å². The third-order valence-corrected chi connectivity index (χ3v) is 2.42. The van der Waals surface area contributed by atoms with Gasteiger partial charge in [0.25, 0.3) is 0 Å². The quantitative estimate of drug-likeness (QED) is 0.830. The van der Waals surface area contributed by atoms with E-state index in [4.69, 9.17) is 5.73 Å². The van der Waals surface area contributed by atoms with E-state index in [0.717, 1.165) is 23.6 Å². The minimum atomic E-state index is 0.121. The second-order valence-electron chi connectivity index (χ2n) is 4.22. The Morgan fingerprint density at radius 2 is 2.31 bits per heavy atom. The van der Waals surface area contributed by atoms with Gasteiger partial charge in [-0.15, -0.1) is 0 Å². The fourth-order valence-corrected chi connectivity index (χ4v) is 1.84. The molecule has 0 radical (unpaired) electrons. The first-order chi connectivity index (χ1) is 7.58. The average molecular weight is 219 g/mol. The van der Waals surface area contributed by atoms with Crippen LogP contribution in [0.5, 0.6) is 0 Å². The van der Waals surface area contributed by atoms with Crippen LogP contribution in [0.3, 0.4) is 0 Å². The van der Waals surface area contributed by atoms with Crippen LogP contribution in [0.2, 0.25) is 0 Å². The number of nitrogens with two attached hydrogens (primary N) is 1. The predicted molar refractivity (Wildman–Crippen MR) is 64.6 cm³/mol. The Morgan fingerprint density at radius 3 is 3.00 bits per heavy atom. The molecule has 0 bridgehead atoms. The van der Waals surface area contributed by atoms with Gasteiger partial charge in [0.1, 0.15) is 5.52 Å². The topological polar surface area (TPSA) is 59.5 Å². The number of aryl methyl sites for hydroxylation is 1. The number of anilines is 1. The van der Waals surface area contributed by atoms with Crippen LogP contribution in [0, 0.1) is 6.92 Å². The molecule has 0 amide bonds. The molecule has 0 fully saturated rings. The first-order valence-electron chi connectivity index (χ1n) is 5.35. The van der Waals surface area contributed by atoms with Crippen molar-refractivity contribution in [1.29, 1.82) is 0 Å². The molecule has 0 saturated heterocycles. The highest BCUT2D eigenvalue weighted by molar-refractivity contribution is 5.68. The van der Waals surface area contributed by atoms with Gasteiger partial charge in [0.2, 0.25) is 0 Å². The highest BCUT2D eigenvalue weighted by Crippen LogP contribution is 2.17. The summed E-state index contributed by atoms with van der Waals surface area (Å²) in [5.41, 5.74) is 7.79. The van der Waals surface area contributed by atoms with Crippen molar-refractivity contribution in [2.24, 2.45) is 5.73 Å². The molecular weight excluding hydrogens is 202 g/mol. The monoisotopic (exact) mass is 219 g/mol. The standard InChI is InChI=1S/C11H17N5/c1-8(12)7-15(3)11-10-6-9(2)14-16(10)5-4-13-11/h4-6,8H,7,12H2,1-3H3. The Kier molecular flexibility index (Phi) is 2.78. The van der Waals surface area contributed by atoms with Gasteiger partial charge in [0, 0.05) is 32.0 Å². The molecule has 86 valence electrons. The van der Waals surface area contributed by atoms with Crippen LogP contribution in [-0.2, 0) is 0 Å². The van der Waals surface area contributed by atoms with Gasteiger partial charge >= 0.3 is 0 Å². The van der Waals surface area contributed by atoms with Crippen LogP contribution in [0.1, 0.15) is 12.6 Å². The molecule has 0 spiro atoms. The summed E-state index contributed by atoms with van der Waals surface area (Å²) < 4.78 is 1.84. The lowest BCUT2D eigenvalue weighted by Gasteiger charge is -2.20. The molecule has 2 heterocycles. The molecule has 16 heavy (non-hydrogen) atoms. The third kappa shape index (κ3) is 1.99. The van der Waals surface area contributed by atoms with Crippen LogP contribution in [0.15, 0.2) is 18.5 Å². The molecule has 0 aromatic carbocycles. The lowest BCUT2D eigenvalue weighted by molar-refractivity contribution is 0.711. The van der Waals surface area contributed by atoms with Crippen LogP contribution < -0.4 is 10.6 Å². The predicted octanol–water partition coefficient (Wildman–Crippen LogP) is 0.821. The summed E-state index contributed by atoms with van der Waals surface area (Å²) in [5, 5.41) is 4.35. The average Bonchev–Trinajstić information content (AvgIpc) is 2.55. The number of hydrogen-bond acceptors (Lipinski definition) is 4. The van der Waals surface area contributed by atoms with Crippen molar-refractivity contribution in [3.8, 4) is 0 Å². The van der Waals surface area contributed by atoms with Gasteiger partial charge in [-0.2, -0.15) is 5.10 Å². The molecule has 2 aromatic rings. The van der Waals surface area contributed by atoms with Crippen molar-refractivity contribution < 1.29 is 0 Å². The zero-order chi connectivity index (χ0) is 11.7. The Bertz CT molecular complexity index is 488. The summed E-state index contributed by atoms with van der Waals surface area (Å²) in [6, 6.07) is 2.15. The summed E-state index contributed by atoms with van der Waals surface area (Å²) in [4.78, 5) is 6.44. The van der Waals surface area contributed by atoms with E-state index in [1.807, 2.05) is 37.7 Å². The van der Waals surface area contributed by atoms with E-state index in [9.17, 15) is 0 Å². The lowest BCUT2D eigenvalue weighted by Crippen LogP contribution is -2.33. The van der Waals surface area contributed by atoms with E-state index in [2.05, 4.69) is 15.0 Å². The maximum atomic E-state index is 5.79. The molecule has 0 aliphatic rings. The highest BCUT2D eigenvalue weighted by atomic mass is 15.3. The molecule has 0 aliphatic carbocycles. The molecular formula is C11H17N5. The van der Waals surface area contributed by atoms with E-state index in [1.165, 1.54) is 0 Å². The second-order valence-corrected chi connectivity index (χ2v) is 4.22. The van der Waals surface area contributed by atoms with Crippen molar-refractivity contribution in [1.82, 2.24) is 14.6 Å². The molecule has 5 nitrogen and oxygen atoms in total. The van der Waals surface area contributed by atoms with Gasteiger partial charge in [-0.05, 0) is 19.9 Å². The summed E-state index contributed by atoms with van der Waals surface area (Å²) >= 11 is 0. The van der Waals surface area contributed by atoms with Gasteiger partial charge in [0.15, 0.2) is 5.82 Å². The molecule has 0 saturated carbocycles. The Hall–Kier alpha value is -1.62. The maximum Gasteiger partial charge on any atom is 0.154 e. The maximum absolute atomic E-state index is 5.79. The minimum absolute atomic E-state index is 0.121. The van der Waals surface area contributed by atoms with Gasteiger partial charge in [-0.1, -0.05) is 0 Å². The SMILES string of the molecule is Cc1cc2c(N(C)CC(C)N)nccn2n1. The number of hydrogen-bond donors (Lipinski definition) is 1. The number of aromatic nitrogens is 3. The van der Waals surface area contributed by atoms with Crippen LogP contribution >= 0.6 is 0 Å². The lowest BCUT2D eigenvalue weighted by atomic mass is 10.3. The molecule has 1 unspecified atom stereocenters. The van der Waals surface area contributed by atoms with Crippen molar-refractivity contribution >= 4 is 11.3 Å². The Balaban J connectivity index is 2.43. The van der Waals surface area contributed by atoms with Gasteiger partial charge in [0.05, 0.1) is 5.69 Å². The first kappa shape index (κ1) is 10.9. The zero-order valence-corrected chi connectivity index (χ0v) is 9.88. The van der Waals surface area contributed by atoms with Gasteiger partial charge < -0.3 is 10.6 Å². The van der Waals surface area contributed by atoms with Gasteiger partial charge in [-0.25, -0.2) is 9.50 Å². The number of fused-ring (bicyclic) bond motifs is 1. The molecule has 0 aliphatic heterocycles. The molecule has 2 aromatic heterocycles. The zero-order valence-electron chi connectivity index (χ0n) is 9.88. The first-order valence-corrected chi connectivity index (χ1v) is 5.35. The normalized spacial score (nSPS) is 13.0. The smallest absolute Gasteiger partial charge is 0.154 e. The third-order valence-electron chi connectivity index (χ3n) is 2.42. The molecule has 5 heteroatoms. The fraction of sp³-hybridized carbons (Fsp3) is 0.455. The Labute approximate surface area is 94.9 Å². The van der Waals surface area contributed by atoms with E-state index < -0.39 is 0 Å². The van der Waals surface area contributed by atoms with E-state index >= 15 is 0 Å². The van der Waals surface area contributed by atoms with E-state index in [-0.39, 0.29) is 6.04 Å². The second kappa shape index (κ2) is 4.09.